The third-order valence-corrected chi connectivity index (χ3v) is 4.84. The first-order valence-electron chi connectivity index (χ1n) is 8.92. The SMILES string of the molecule is CCc1c(NCC2COC(C)(C)CO2)cccc1-c1cc(N)ncc1Cl. The normalized spacial score (nSPS) is 19.3. The Balaban J connectivity index is 1.80. The van der Waals surface area contributed by atoms with E-state index in [1.807, 2.05) is 26.0 Å². The molecule has 1 unspecified atom stereocenters. The minimum Gasteiger partial charge on any atom is -0.384 e. The lowest BCUT2D eigenvalue weighted by atomic mass is 9.96. The van der Waals surface area contributed by atoms with Gasteiger partial charge >= 0.3 is 0 Å². The van der Waals surface area contributed by atoms with Gasteiger partial charge in [0.05, 0.1) is 29.9 Å². The molecule has 0 amide bonds. The van der Waals surface area contributed by atoms with Crippen LogP contribution in [0, 0.1) is 0 Å². The molecule has 1 aromatic heterocycles. The van der Waals surface area contributed by atoms with Gasteiger partial charge in [-0.3, -0.25) is 0 Å². The van der Waals surface area contributed by atoms with Gasteiger partial charge in [-0.05, 0) is 43.5 Å². The maximum absolute atomic E-state index is 6.36. The summed E-state index contributed by atoms with van der Waals surface area (Å²) >= 11 is 6.36. The highest BCUT2D eigenvalue weighted by molar-refractivity contribution is 6.33. The number of hydrogen-bond acceptors (Lipinski definition) is 5. The Hall–Kier alpha value is -1.82. The lowest BCUT2D eigenvalue weighted by Gasteiger charge is -2.35. The van der Waals surface area contributed by atoms with E-state index in [1.165, 1.54) is 5.56 Å². The fourth-order valence-corrected chi connectivity index (χ4v) is 3.32. The molecule has 5 nitrogen and oxygen atoms in total. The Morgan fingerprint density at radius 3 is 2.85 bits per heavy atom. The number of hydrogen-bond donors (Lipinski definition) is 2. The fourth-order valence-electron chi connectivity index (χ4n) is 3.12. The molecule has 1 aliphatic rings. The van der Waals surface area contributed by atoms with E-state index < -0.39 is 0 Å². The summed E-state index contributed by atoms with van der Waals surface area (Å²) in [6.45, 7) is 8.10. The van der Waals surface area contributed by atoms with E-state index in [0.717, 1.165) is 23.2 Å². The van der Waals surface area contributed by atoms with Crippen LogP contribution in [0.3, 0.4) is 0 Å². The van der Waals surface area contributed by atoms with Crippen molar-refractivity contribution in [3.05, 3.63) is 41.0 Å². The highest BCUT2D eigenvalue weighted by Crippen LogP contribution is 2.35. The monoisotopic (exact) mass is 375 g/mol. The number of nitrogen functional groups attached to an aromatic ring is 1. The van der Waals surface area contributed by atoms with Crippen molar-refractivity contribution in [2.45, 2.75) is 38.9 Å². The molecule has 6 heteroatoms. The zero-order chi connectivity index (χ0) is 18.7. The van der Waals surface area contributed by atoms with Crippen LogP contribution in [-0.2, 0) is 15.9 Å². The van der Waals surface area contributed by atoms with Crippen LogP contribution in [0.2, 0.25) is 5.02 Å². The van der Waals surface area contributed by atoms with Gasteiger partial charge < -0.3 is 20.5 Å². The summed E-state index contributed by atoms with van der Waals surface area (Å²) < 4.78 is 11.7. The second kappa shape index (κ2) is 7.82. The molecule has 1 aliphatic heterocycles. The van der Waals surface area contributed by atoms with Crippen LogP contribution in [0.1, 0.15) is 26.3 Å². The molecule has 1 atom stereocenters. The van der Waals surface area contributed by atoms with Gasteiger partial charge in [0.1, 0.15) is 5.82 Å². The summed E-state index contributed by atoms with van der Waals surface area (Å²) in [7, 11) is 0. The standard InChI is InChI=1S/C20H26ClN3O2/c1-4-14-15(16-8-19(22)24-10-17(16)21)6-5-7-18(14)23-9-13-11-26-20(2,3)12-25-13/h5-8,10,13,23H,4,9,11-12H2,1-3H3,(H2,22,24). The summed E-state index contributed by atoms with van der Waals surface area (Å²) in [4.78, 5) is 4.05. The summed E-state index contributed by atoms with van der Waals surface area (Å²) in [6, 6.07) is 7.98. The topological polar surface area (TPSA) is 69.4 Å². The molecule has 0 radical (unpaired) electrons. The summed E-state index contributed by atoms with van der Waals surface area (Å²) in [5.41, 5.74) is 9.89. The third-order valence-electron chi connectivity index (χ3n) is 4.54. The van der Waals surface area contributed by atoms with Gasteiger partial charge in [-0.15, -0.1) is 0 Å². The van der Waals surface area contributed by atoms with E-state index in [1.54, 1.807) is 6.20 Å². The van der Waals surface area contributed by atoms with Crippen LogP contribution in [0.15, 0.2) is 30.5 Å². The largest absolute Gasteiger partial charge is 0.384 e. The molecule has 0 bridgehead atoms. The van der Waals surface area contributed by atoms with Gasteiger partial charge in [0.25, 0.3) is 0 Å². The second-order valence-electron chi connectivity index (χ2n) is 7.16. The molecule has 1 fully saturated rings. The van der Waals surface area contributed by atoms with Crippen molar-refractivity contribution in [2.24, 2.45) is 0 Å². The van der Waals surface area contributed by atoms with Crippen LogP contribution in [-0.4, -0.2) is 36.4 Å². The van der Waals surface area contributed by atoms with Crippen LogP contribution in [0.25, 0.3) is 11.1 Å². The zero-order valence-corrected chi connectivity index (χ0v) is 16.3. The average Bonchev–Trinajstić information content (AvgIpc) is 2.62. The molecule has 0 saturated carbocycles. The predicted molar refractivity (Wildman–Crippen MR) is 107 cm³/mol. The van der Waals surface area contributed by atoms with E-state index >= 15 is 0 Å². The smallest absolute Gasteiger partial charge is 0.124 e. The summed E-state index contributed by atoms with van der Waals surface area (Å²) in [6.07, 6.45) is 2.50. The van der Waals surface area contributed by atoms with Crippen molar-refractivity contribution >= 4 is 23.1 Å². The minimum absolute atomic E-state index is 0.0385. The minimum atomic E-state index is -0.205. The van der Waals surface area contributed by atoms with Crippen LogP contribution in [0.5, 0.6) is 0 Å². The molecule has 0 spiro atoms. The third kappa shape index (κ3) is 4.29. The number of nitrogens with two attached hydrogens (primary N) is 1. The molecule has 0 aliphatic carbocycles. The number of pyridine rings is 1. The fraction of sp³-hybridized carbons (Fsp3) is 0.450. The van der Waals surface area contributed by atoms with Gasteiger partial charge in [0, 0.05) is 24.0 Å². The molecule has 1 aromatic carbocycles. The Morgan fingerprint density at radius 2 is 2.15 bits per heavy atom. The molecular weight excluding hydrogens is 350 g/mol. The summed E-state index contributed by atoms with van der Waals surface area (Å²) in [5, 5.41) is 4.11. The Bertz CT molecular complexity index is 770. The first-order valence-corrected chi connectivity index (χ1v) is 9.30. The van der Waals surface area contributed by atoms with Crippen molar-refractivity contribution in [1.82, 2.24) is 4.98 Å². The number of ether oxygens (including phenoxy) is 2. The number of halogens is 1. The highest BCUT2D eigenvalue weighted by Gasteiger charge is 2.28. The molecule has 3 rings (SSSR count). The van der Waals surface area contributed by atoms with Gasteiger partial charge in [-0.25, -0.2) is 4.98 Å². The van der Waals surface area contributed by atoms with Gasteiger partial charge in [0.2, 0.25) is 0 Å². The molecule has 2 heterocycles. The van der Waals surface area contributed by atoms with Crippen molar-refractivity contribution in [3.8, 4) is 11.1 Å². The molecule has 140 valence electrons. The van der Waals surface area contributed by atoms with E-state index in [4.69, 9.17) is 26.8 Å². The maximum atomic E-state index is 6.36. The van der Waals surface area contributed by atoms with Crippen molar-refractivity contribution in [1.29, 1.82) is 0 Å². The van der Waals surface area contributed by atoms with E-state index in [2.05, 4.69) is 29.4 Å². The quantitative estimate of drug-likeness (QED) is 0.821. The summed E-state index contributed by atoms with van der Waals surface area (Å²) in [5.74, 6) is 0.459. The number of nitrogens with zero attached hydrogens (tertiary/aromatic N) is 1. The van der Waals surface area contributed by atoms with Crippen LogP contribution < -0.4 is 11.1 Å². The van der Waals surface area contributed by atoms with E-state index in [0.29, 0.717) is 30.6 Å². The van der Waals surface area contributed by atoms with Gasteiger partial charge in [-0.1, -0.05) is 30.7 Å². The Kier molecular flexibility index (Phi) is 5.70. The molecule has 3 N–H and O–H groups in total. The predicted octanol–water partition coefficient (Wildman–Crippen LogP) is 4.15. The number of rotatable bonds is 5. The van der Waals surface area contributed by atoms with Crippen molar-refractivity contribution in [3.63, 3.8) is 0 Å². The van der Waals surface area contributed by atoms with E-state index in [9.17, 15) is 0 Å². The maximum Gasteiger partial charge on any atom is 0.124 e. The Morgan fingerprint density at radius 1 is 1.35 bits per heavy atom. The van der Waals surface area contributed by atoms with Crippen LogP contribution >= 0.6 is 11.6 Å². The lowest BCUT2D eigenvalue weighted by molar-refractivity contribution is -0.170. The second-order valence-corrected chi connectivity index (χ2v) is 7.57. The Labute approximate surface area is 159 Å². The average molecular weight is 376 g/mol. The first-order chi connectivity index (χ1) is 12.4. The van der Waals surface area contributed by atoms with Gasteiger partial charge in [-0.2, -0.15) is 0 Å². The van der Waals surface area contributed by atoms with Crippen molar-refractivity contribution in [2.75, 3.05) is 30.8 Å². The number of benzene rings is 1. The molecular formula is C20H26ClN3O2. The number of nitrogens with one attached hydrogen (secondary N) is 1. The first kappa shape index (κ1) is 19.0. The molecule has 1 saturated heterocycles. The number of anilines is 2. The van der Waals surface area contributed by atoms with Gasteiger partial charge in [0.15, 0.2) is 0 Å². The van der Waals surface area contributed by atoms with E-state index in [-0.39, 0.29) is 11.7 Å². The number of aromatic nitrogens is 1. The van der Waals surface area contributed by atoms with Crippen LogP contribution in [0.4, 0.5) is 11.5 Å². The molecule has 26 heavy (non-hydrogen) atoms. The lowest BCUT2D eigenvalue weighted by Crippen LogP contribution is -2.44. The molecule has 2 aromatic rings. The highest BCUT2D eigenvalue weighted by atomic mass is 35.5. The zero-order valence-electron chi connectivity index (χ0n) is 15.5. The van der Waals surface area contributed by atoms with Crippen molar-refractivity contribution < 1.29 is 9.47 Å².